The van der Waals surface area contributed by atoms with Crippen molar-refractivity contribution in [2.75, 3.05) is 0 Å². The summed E-state index contributed by atoms with van der Waals surface area (Å²) in [5, 5.41) is 8.56. The SMILES string of the molecule is CC(C)c1nnc(-c2[c-]cc(F)cc2)n1-c1ccccc1.[Ir]. The molecule has 0 aliphatic rings. The van der Waals surface area contributed by atoms with Crippen LogP contribution in [-0.2, 0) is 20.1 Å². The standard InChI is InChI=1S/C17H15FN3.Ir/c1-12(2)16-19-20-17(13-8-10-14(18)11-9-13)21(16)15-6-4-3-5-7-15;/h3-8,10-12H,1-2H3;/q-1;. The predicted molar refractivity (Wildman–Crippen MR) is 79.7 cm³/mol. The molecule has 0 amide bonds. The van der Waals surface area contributed by atoms with Crippen molar-refractivity contribution < 1.29 is 24.5 Å². The van der Waals surface area contributed by atoms with E-state index in [0.717, 1.165) is 17.1 Å². The first kappa shape index (κ1) is 16.5. The average molecular weight is 473 g/mol. The van der Waals surface area contributed by atoms with Gasteiger partial charge in [0.05, 0.1) is 5.82 Å². The van der Waals surface area contributed by atoms with E-state index in [-0.39, 0.29) is 31.8 Å². The first-order valence-corrected chi connectivity index (χ1v) is 6.85. The molecule has 0 atom stereocenters. The van der Waals surface area contributed by atoms with Crippen molar-refractivity contribution in [1.82, 2.24) is 14.8 Å². The normalized spacial score (nSPS) is 10.5. The zero-order valence-corrected chi connectivity index (χ0v) is 14.6. The van der Waals surface area contributed by atoms with Gasteiger partial charge in [-0.3, -0.25) is 4.39 Å². The minimum absolute atomic E-state index is 0. The Morgan fingerprint density at radius 2 is 1.77 bits per heavy atom. The van der Waals surface area contributed by atoms with Gasteiger partial charge in [0.1, 0.15) is 5.82 Å². The molecule has 0 aliphatic carbocycles. The van der Waals surface area contributed by atoms with E-state index in [1.165, 1.54) is 12.1 Å². The first-order valence-electron chi connectivity index (χ1n) is 6.85. The van der Waals surface area contributed by atoms with E-state index in [1.54, 1.807) is 6.07 Å². The zero-order chi connectivity index (χ0) is 14.8. The third-order valence-electron chi connectivity index (χ3n) is 3.23. The molecular weight excluding hydrogens is 457 g/mol. The molecule has 0 bridgehead atoms. The molecule has 3 aromatic rings. The number of hydrogen-bond donors (Lipinski definition) is 0. The Balaban J connectivity index is 0.00000176. The van der Waals surface area contributed by atoms with E-state index in [2.05, 4.69) is 30.1 Å². The van der Waals surface area contributed by atoms with Crippen LogP contribution in [0.3, 0.4) is 0 Å². The Hall–Kier alpha value is -1.84. The van der Waals surface area contributed by atoms with Gasteiger partial charge >= 0.3 is 0 Å². The summed E-state index contributed by atoms with van der Waals surface area (Å²) in [5.74, 6) is 1.46. The number of halogens is 1. The Kier molecular flexibility index (Phi) is 5.22. The van der Waals surface area contributed by atoms with Gasteiger partial charge in [0.2, 0.25) is 0 Å². The number of para-hydroxylation sites is 1. The largest absolute Gasteiger partial charge is 0.320 e. The van der Waals surface area contributed by atoms with E-state index in [9.17, 15) is 4.39 Å². The molecule has 3 nitrogen and oxygen atoms in total. The third-order valence-corrected chi connectivity index (χ3v) is 3.23. The quantitative estimate of drug-likeness (QED) is 0.540. The number of aromatic nitrogens is 3. The van der Waals surface area contributed by atoms with Crippen LogP contribution in [0.2, 0.25) is 0 Å². The molecule has 0 saturated heterocycles. The van der Waals surface area contributed by atoms with Crippen molar-refractivity contribution >= 4 is 0 Å². The second kappa shape index (κ2) is 6.95. The van der Waals surface area contributed by atoms with Crippen molar-refractivity contribution in [3.8, 4) is 17.1 Å². The maximum atomic E-state index is 13.1. The minimum Gasteiger partial charge on any atom is -0.320 e. The maximum absolute atomic E-state index is 13.1. The summed E-state index contributed by atoms with van der Waals surface area (Å²) < 4.78 is 15.1. The van der Waals surface area contributed by atoms with E-state index < -0.39 is 0 Å². The molecule has 1 radical (unpaired) electrons. The van der Waals surface area contributed by atoms with Gasteiger partial charge in [-0.25, -0.2) is 0 Å². The summed E-state index contributed by atoms with van der Waals surface area (Å²) >= 11 is 0. The molecule has 0 spiro atoms. The van der Waals surface area contributed by atoms with Gasteiger partial charge in [0.15, 0.2) is 0 Å². The van der Waals surface area contributed by atoms with E-state index in [1.807, 2.05) is 34.9 Å². The third kappa shape index (κ3) is 3.16. The molecule has 5 heteroatoms. The van der Waals surface area contributed by atoms with Gasteiger partial charge in [-0.1, -0.05) is 32.0 Å². The molecule has 1 aromatic heterocycles. The van der Waals surface area contributed by atoms with Gasteiger partial charge < -0.3 is 4.57 Å². The molecule has 22 heavy (non-hydrogen) atoms. The summed E-state index contributed by atoms with van der Waals surface area (Å²) in [7, 11) is 0. The van der Waals surface area contributed by atoms with E-state index in [0.29, 0.717) is 5.82 Å². The van der Waals surface area contributed by atoms with Crippen molar-refractivity contribution in [3.63, 3.8) is 0 Å². The van der Waals surface area contributed by atoms with Crippen LogP contribution in [0.25, 0.3) is 17.1 Å². The van der Waals surface area contributed by atoms with Crippen LogP contribution in [-0.4, -0.2) is 14.8 Å². The molecule has 0 aliphatic heterocycles. The molecule has 1 heterocycles. The van der Waals surface area contributed by atoms with Gasteiger partial charge in [0, 0.05) is 37.5 Å². The van der Waals surface area contributed by atoms with E-state index >= 15 is 0 Å². The smallest absolute Gasteiger partial charge is 0.131 e. The fourth-order valence-corrected chi connectivity index (χ4v) is 2.22. The Morgan fingerprint density at radius 3 is 2.36 bits per heavy atom. The summed E-state index contributed by atoms with van der Waals surface area (Å²) in [4.78, 5) is 0. The van der Waals surface area contributed by atoms with Gasteiger partial charge in [0.25, 0.3) is 0 Å². The van der Waals surface area contributed by atoms with Crippen LogP contribution in [0, 0.1) is 11.9 Å². The van der Waals surface area contributed by atoms with Crippen LogP contribution in [0.1, 0.15) is 25.6 Å². The average Bonchev–Trinajstić information content (AvgIpc) is 2.94. The minimum atomic E-state index is -0.311. The summed E-state index contributed by atoms with van der Waals surface area (Å²) in [6, 6.07) is 17.2. The van der Waals surface area contributed by atoms with Crippen molar-refractivity contribution in [1.29, 1.82) is 0 Å². The second-order valence-corrected chi connectivity index (χ2v) is 5.13. The summed E-state index contributed by atoms with van der Waals surface area (Å²) in [6.07, 6.45) is 0. The van der Waals surface area contributed by atoms with Crippen LogP contribution in [0.5, 0.6) is 0 Å². The fraction of sp³-hybridized carbons (Fsp3) is 0.176. The maximum Gasteiger partial charge on any atom is 0.131 e. The molecule has 0 fully saturated rings. The van der Waals surface area contributed by atoms with Crippen LogP contribution in [0.4, 0.5) is 4.39 Å². The zero-order valence-electron chi connectivity index (χ0n) is 12.2. The monoisotopic (exact) mass is 473 g/mol. The molecule has 2 aromatic carbocycles. The van der Waals surface area contributed by atoms with Crippen molar-refractivity contribution in [2.24, 2.45) is 0 Å². The number of benzene rings is 2. The van der Waals surface area contributed by atoms with E-state index in [4.69, 9.17) is 0 Å². The molecule has 0 unspecified atom stereocenters. The van der Waals surface area contributed by atoms with Crippen LogP contribution >= 0.6 is 0 Å². The molecule has 0 N–H and O–H groups in total. The number of hydrogen-bond acceptors (Lipinski definition) is 2. The van der Waals surface area contributed by atoms with Gasteiger partial charge in [-0.15, -0.1) is 34.9 Å². The summed E-state index contributed by atoms with van der Waals surface area (Å²) in [6.45, 7) is 4.14. The second-order valence-electron chi connectivity index (χ2n) is 5.13. The van der Waals surface area contributed by atoms with Crippen molar-refractivity contribution in [3.05, 3.63) is 66.2 Å². The van der Waals surface area contributed by atoms with Crippen LogP contribution in [0.15, 0.2) is 48.5 Å². The van der Waals surface area contributed by atoms with Gasteiger partial charge in [-0.05, 0) is 12.1 Å². The summed E-state index contributed by atoms with van der Waals surface area (Å²) in [5.41, 5.74) is 1.71. The Bertz CT molecular complexity index is 736. The van der Waals surface area contributed by atoms with Gasteiger partial charge in [-0.2, -0.15) is 5.10 Å². The number of nitrogens with zero attached hydrogens (tertiary/aromatic N) is 3. The molecule has 115 valence electrons. The first-order chi connectivity index (χ1) is 10.2. The molecular formula is C17H15FIrN3-. The Labute approximate surface area is 142 Å². The topological polar surface area (TPSA) is 30.7 Å². The predicted octanol–water partition coefficient (Wildman–Crippen LogP) is 3.99. The number of rotatable bonds is 3. The van der Waals surface area contributed by atoms with Crippen LogP contribution < -0.4 is 0 Å². The molecule has 0 saturated carbocycles. The van der Waals surface area contributed by atoms with Crippen molar-refractivity contribution in [2.45, 2.75) is 19.8 Å². The fourth-order valence-electron chi connectivity index (χ4n) is 2.22. The Morgan fingerprint density at radius 1 is 1.05 bits per heavy atom. The molecule has 3 rings (SSSR count).